The van der Waals surface area contributed by atoms with Crippen LogP contribution in [0.4, 0.5) is 4.79 Å². The zero-order valence-electron chi connectivity index (χ0n) is 19.4. The molecule has 0 spiro atoms. The second kappa shape index (κ2) is 10.5. The number of nitrogens with zero attached hydrogens (tertiary/aromatic N) is 4. The SMILES string of the molecule is CCN1C(=O)N[C@H](c2ccc(Cl)cc2Cl)C2=C1CN(CC(=O)N1CCN(CCOC)CC1)C2=O. The molecule has 1 N–H and O–H groups in total. The van der Waals surface area contributed by atoms with Gasteiger partial charge >= 0.3 is 6.03 Å². The number of rotatable bonds is 7. The molecule has 1 fully saturated rings. The van der Waals surface area contributed by atoms with Crippen LogP contribution >= 0.6 is 23.2 Å². The lowest BCUT2D eigenvalue weighted by atomic mass is 9.95. The summed E-state index contributed by atoms with van der Waals surface area (Å²) in [6.07, 6.45) is 0. The molecule has 184 valence electrons. The van der Waals surface area contributed by atoms with E-state index >= 15 is 0 Å². The second-order valence-corrected chi connectivity index (χ2v) is 9.37. The maximum absolute atomic E-state index is 13.5. The minimum Gasteiger partial charge on any atom is -0.383 e. The quantitative estimate of drug-likeness (QED) is 0.607. The van der Waals surface area contributed by atoms with Crippen LogP contribution in [-0.2, 0) is 14.3 Å². The highest BCUT2D eigenvalue weighted by Gasteiger charge is 2.44. The lowest BCUT2D eigenvalue weighted by Gasteiger charge is -2.35. The molecule has 0 unspecified atom stereocenters. The van der Waals surface area contributed by atoms with E-state index in [0.29, 0.717) is 53.1 Å². The van der Waals surface area contributed by atoms with Crippen LogP contribution in [0.1, 0.15) is 18.5 Å². The molecule has 0 aliphatic carbocycles. The first-order chi connectivity index (χ1) is 16.3. The minimum atomic E-state index is -0.702. The first kappa shape index (κ1) is 24.8. The third-order valence-corrected chi connectivity index (χ3v) is 7.11. The van der Waals surface area contributed by atoms with E-state index in [0.717, 1.165) is 19.6 Å². The number of methoxy groups -OCH3 is 1. The first-order valence-electron chi connectivity index (χ1n) is 11.4. The van der Waals surface area contributed by atoms with Gasteiger partial charge in [-0.1, -0.05) is 29.3 Å². The molecule has 3 aliphatic heterocycles. The number of hydrogen-bond acceptors (Lipinski definition) is 5. The summed E-state index contributed by atoms with van der Waals surface area (Å²) < 4.78 is 5.13. The van der Waals surface area contributed by atoms with Crippen LogP contribution in [0, 0.1) is 0 Å². The van der Waals surface area contributed by atoms with Gasteiger partial charge in [0.2, 0.25) is 5.91 Å². The maximum atomic E-state index is 13.5. The molecule has 0 radical (unpaired) electrons. The van der Waals surface area contributed by atoms with Crippen LogP contribution < -0.4 is 5.32 Å². The number of piperazine rings is 1. The summed E-state index contributed by atoms with van der Waals surface area (Å²) in [6, 6.07) is 3.97. The normalized spacial score (nSPS) is 21.3. The summed E-state index contributed by atoms with van der Waals surface area (Å²) >= 11 is 12.5. The number of halogens is 2. The fourth-order valence-corrected chi connectivity index (χ4v) is 5.20. The molecule has 3 aliphatic rings. The first-order valence-corrected chi connectivity index (χ1v) is 12.1. The van der Waals surface area contributed by atoms with Gasteiger partial charge in [0.1, 0.15) is 6.54 Å². The van der Waals surface area contributed by atoms with Crippen LogP contribution in [0.2, 0.25) is 10.0 Å². The van der Waals surface area contributed by atoms with Crippen molar-refractivity contribution in [1.82, 2.24) is 24.9 Å². The molecule has 1 aromatic rings. The van der Waals surface area contributed by atoms with E-state index < -0.39 is 6.04 Å². The molecule has 0 aromatic heterocycles. The number of urea groups is 1. The van der Waals surface area contributed by atoms with Crippen molar-refractivity contribution in [2.24, 2.45) is 0 Å². The van der Waals surface area contributed by atoms with Crippen LogP contribution in [0.25, 0.3) is 0 Å². The van der Waals surface area contributed by atoms with Gasteiger partial charge < -0.3 is 19.9 Å². The smallest absolute Gasteiger partial charge is 0.322 e. The Morgan fingerprint density at radius 1 is 1.18 bits per heavy atom. The standard InChI is InChI=1S/C23H29Cl2N5O4/c1-3-30-18-13-29(14-19(31)28-8-6-27(7-9-28)10-11-34-2)22(32)20(18)21(26-23(30)33)16-5-4-15(24)12-17(16)25/h4-5,12,21H,3,6-11,13-14H2,1-2H3,(H,26,33)/t21-/m1/s1. The van der Waals surface area contributed by atoms with E-state index in [9.17, 15) is 14.4 Å². The Bertz CT molecular complexity index is 1010. The van der Waals surface area contributed by atoms with E-state index in [4.69, 9.17) is 27.9 Å². The number of benzene rings is 1. The summed E-state index contributed by atoms with van der Waals surface area (Å²) in [7, 11) is 1.68. The van der Waals surface area contributed by atoms with Crippen molar-refractivity contribution < 1.29 is 19.1 Å². The molecule has 1 atom stereocenters. The highest BCUT2D eigenvalue weighted by Crippen LogP contribution is 2.39. The van der Waals surface area contributed by atoms with Gasteiger partial charge in [-0.05, 0) is 24.6 Å². The number of nitrogens with one attached hydrogen (secondary N) is 1. The van der Waals surface area contributed by atoms with Gasteiger partial charge in [-0.2, -0.15) is 0 Å². The molecule has 9 nitrogen and oxygen atoms in total. The van der Waals surface area contributed by atoms with Crippen molar-refractivity contribution in [1.29, 1.82) is 0 Å². The number of hydrogen-bond donors (Lipinski definition) is 1. The molecular formula is C23H29Cl2N5O4. The van der Waals surface area contributed by atoms with Gasteiger partial charge in [0.15, 0.2) is 0 Å². The maximum Gasteiger partial charge on any atom is 0.322 e. The Morgan fingerprint density at radius 2 is 1.91 bits per heavy atom. The molecule has 34 heavy (non-hydrogen) atoms. The molecule has 1 aromatic carbocycles. The lowest BCUT2D eigenvalue weighted by Crippen LogP contribution is -2.52. The van der Waals surface area contributed by atoms with Gasteiger partial charge in [0, 0.05) is 56.4 Å². The van der Waals surface area contributed by atoms with Crippen molar-refractivity contribution in [2.75, 3.05) is 66.1 Å². The number of likely N-dealkylation sites (N-methyl/N-ethyl adjacent to an activating group) is 1. The summed E-state index contributed by atoms with van der Waals surface area (Å²) in [6.45, 7) is 6.70. The average molecular weight is 510 g/mol. The minimum absolute atomic E-state index is 0.0310. The molecule has 0 saturated carbocycles. The largest absolute Gasteiger partial charge is 0.383 e. The Hall–Kier alpha value is -2.33. The molecule has 3 heterocycles. The van der Waals surface area contributed by atoms with Crippen LogP contribution in [0.3, 0.4) is 0 Å². The van der Waals surface area contributed by atoms with Crippen molar-refractivity contribution in [3.05, 3.63) is 45.1 Å². The van der Waals surface area contributed by atoms with Crippen molar-refractivity contribution in [3.63, 3.8) is 0 Å². The van der Waals surface area contributed by atoms with Gasteiger partial charge in [-0.25, -0.2) is 4.79 Å². The third-order valence-electron chi connectivity index (χ3n) is 6.55. The van der Waals surface area contributed by atoms with Gasteiger partial charge in [-0.3, -0.25) is 19.4 Å². The van der Waals surface area contributed by atoms with E-state index in [1.807, 2.05) is 6.92 Å². The molecule has 11 heteroatoms. The molecular weight excluding hydrogens is 481 g/mol. The van der Waals surface area contributed by atoms with Crippen LogP contribution in [0.5, 0.6) is 0 Å². The third kappa shape index (κ3) is 4.88. The summed E-state index contributed by atoms with van der Waals surface area (Å²) in [5.41, 5.74) is 1.66. The summed E-state index contributed by atoms with van der Waals surface area (Å²) in [5, 5.41) is 3.73. The average Bonchev–Trinajstić information content (AvgIpc) is 3.13. The van der Waals surface area contributed by atoms with E-state index in [2.05, 4.69) is 10.2 Å². The van der Waals surface area contributed by atoms with Crippen molar-refractivity contribution >= 4 is 41.0 Å². The zero-order chi connectivity index (χ0) is 24.4. The predicted octanol–water partition coefficient (Wildman–Crippen LogP) is 1.97. The number of carbonyl (C=O) groups is 3. The number of amides is 4. The Kier molecular flexibility index (Phi) is 7.67. The highest BCUT2D eigenvalue weighted by molar-refractivity contribution is 6.35. The second-order valence-electron chi connectivity index (χ2n) is 8.53. The monoisotopic (exact) mass is 509 g/mol. The van der Waals surface area contributed by atoms with Gasteiger partial charge in [0.05, 0.1) is 30.5 Å². The van der Waals surface area contributed by atoms with Crippen molar-refractivity contribution in [2.45, 2.75) is 13.0 Å². The molecule has 0 bridgehead atoms. The summed E-state index contributed by atoms with van der Waals surface area (Å²) in [5.74, 6) is -0.362. The molecule has 4 amide bonds. The molecule has 1 saturated heterocycles. The molecule has 4 rings (SSSR count). The number of carbonyl (C=O) groups excluding carboxylic acids is 3. The predicted molar refractivity (Wildman–Crippen MR) is 129 cm³/mol. The Balaban J connectivity index is 1.49. The highest BCUT2D eigenvalue weighted by atomic mass is 35.5. The summed E-state index contributed by atoms with van der Waals surface area (Å²) in [4.78, 5) is 46.4. The van der Waals surface area contributed by atoms with Crippen LogP contribution in [0.15, 0.2) is 29.5 Å². The topological polar surface area (TPSA) is 85.4 Å². The zero-order valence-corrected chi connectivity index (χ0v) is 20.9. The van der Waals surface area contributed by atoms with Gasteiger partial charge in [0.25, 0.3) is 5.91 Å². The fourth-order valence-electron chi connectivity index (χ4n) is 4.68. The van der Waals surface area contributed by atoms with Crippen LogP contribution in [-0.4, -0.2) is 104 Å². The fraction of sp³-hybridized carbons (Fsp3) is 0.522. The Labute approximate surface area is 209 Å². The van der Waals surface area contributed by atoms with Gasteiger partial charge in [-0.15, -0.1) is 0 Å². The number of ether oxygens (including phenoxy) is 1. The van der Waals surface area contributed by atoms with E-state index in [-0.39, 0.29) is 30.9 Å². The lowest BCUT2D eigenvalue weighted by molar-refractivity contribution is -0.139. The Morgan fingerprint density at radius 3 is 2.56 bits per heavy atom. The van der Waals surface area contributed by atoms with Crippen molar-refractivity contribution in [3.8, 4) is 0 Å². The van der Waals surface area contributed by atoms with E-state index in [1.54, 1.807) is 35.1 Å². The van der Waals surface area contributed by atoms with E-state index in [1.165, 1.54) is 4.90 Å².